The zero-order valence-electron chi connectivity index (χ0n) is 16.4. The van der Waals surface area contributed by atoms with Crippen LogP contribution in [0.2, 0.25) is 0 Å². The number of nitrogens with one attached hydrogen (secondary N) is 2. The van der Waals surface area contributed by atoms with Gasteiger partial charge in [-0.25, -0.2) is 4.79 Å². The number of urea groups is 1. The van der Waals surface area contributed by atoms with Gasteiger partial charge in [0.15, 0.2) is 5.75 Å². The second kappa shape index (κ2) is 7.27. The zero-order valence-corrected chi connectivity index (χ0v) is 16.4. The lowest BCUT2D eigenvalue weighted by atomic mass is 10.1. The lowest BCUT2D eigenvalue weighted by Gasteiger charge is -2.13. The van der Waals surface area contributed by atoms with Crippen molar-refractivity contribution in [1.29, 1.82) is 0 Å². The minimum absolute atomic E-state index is 0.105. The molecule has 3 aromatic carbocycles. The molecule has 0 aliphatic carbocycles. The van der Waals surface area contributed by atoms with Gasteiger partial charge in [-0.05, 0) is 73.9 Å². The van der Waals surface area contributed by atoms with Crippen LogP contribution in [-0.4, -0.2) is 26.1 Å². The van der Waals surface area contributed by atoms with E-state index in [1.54, 1.807) is 18.2 Å². The molecule has 4 rings (SSSR count). The fraction of sp³-hybridized carbons (Fsp3) is 0.136. The van der Waals surface area contributed by atoms with Gasteiger partial charge < -0.3 is 15.7 Å². The van der Waals surface area contributed by atoms with Crippen LogP contribution in [0, 0.1) is 20.8 Å². The molecule has 0 saturated carbocycles. The predicted octanol–water partition coefficient (Wildman–Crippen LogP) is 4.70. The summed E-state index contributed by atoms with van der Waals surface area (Å²) in [6.45, 7) is 5.81. The standard InChI is InChI=1S/C22H21N5O2/c1-13-5-4-6-16(9-13)23-22(29)24-19-11-15(3)12-20(21(19)28)27-25-17-8-7-14(2)10-18(17)26-27/h4-12,28H,1-3H3,(H2,23,24,29). The maximum atomic E-state index is 12.4. The number of phenols is 1. The van der Waals surface area contributed by atoms with Crippen molar-refractivity contribution in [2.45, 2.75) is 20.8 Å². The first-order valence-electron chi connectivity index (χ1n) is 9.21. The fourth-order valence-corrected chi connectivity index (χ4v) is 3.15. The van der Waals surface area contributed by atoms with Crippen LogP contribution in [0.4, 0.5) is 16.2 Å². The van der Waals surface area contributed by atoms with Gasteiger partial charge in [-0.3, -0.25) is 0 Å². The average molecular weight is 387 g/mol. The Morgan fingerprint density at radius 3 is 2.41 bits per heavy atom. The van der Waals surface area contributed by atoms with E-state index in [4.69, 9.17) is 0 Å². The molecular formula is C22H21N5O2. The highest BCUT2D eigenvalue weighted by atomic mass is 16.3. The smallest absolute Gasteiger partial charge is 0.323 e. The van der Waals surface area contributed by atoms with E-state index in [1.165, 1.54) is 4.80 Å². The molecule has 1 aromatic heterocycles. The minimum atomic E-state index is -0.448. The molecule has 0 radical (unpaired) electrons. The third kappa shape index (κ3) is 3.89. The molecule has 1 heterocycles. The maximum absolute atomic E-state index is 12.4. The summed E-state index contributed by atoms with van der Waals surface area (Å²) in [7, 11) is 0. The van der Waals surface area contributed by atoms with Gasteiger partial charge in [-0.1, -0.05) is 18.2 Å². The topological polar surface area (TPSA) is 92.1 Å². The summed E-state index contributed by atoms with van der Waals surface area (Å²) in [5.41, 5.74) is 5.77. The molecule has 0 spiro atoms. The fourth-order valence-electron chi connectivity index (χ4n) is 3.15. The summed E-state index contributed by atoms with van der Waals surface area (Å²) >= 11 is 0. The van der Waals surface area contributed by atoms with Gasteiger partial charge in [0.25, 0.3) is 0 Å². The largest absolute Gasteiger partial charge is 0.504 e. The van der Waals surface area contributed by atoms with E-state index in [-0.39, 0.29) is 11.4 Å². The number of phenolic OH excluding ortho intramolecular Hbond substituents is 1. The Morgan fingerprint density at radius 2 is 1.62 bits per heavy atom. The Kier molecular flexibility index (Phi) is 4.64. The zero-order chi connectivity index (χ0) is 20.5. The van der Waals surface area contributed by atoms with Crippen molar-refractivity contribution in [3.63, 3.8) is 0 Å². The quantitative estimate of drug-likeness (QED) is 0.445. The Morgan fingerprint density at radius 1 is 0.862 bits per heavy atom. The van der Waals surface area contributed by atoms with E-state index < -0.39 is 6.03 Å². The molecule has 3 N–H and O–H groups in total. The van der Waals surface area contributed by atoms with E-state index in [1.807, 2.05) is 57.2 Å². The van der Waals surface area contributed by atoms with Gasteiger partial charge in [0.05, 0.1) is 5.69 Å². The van der Waals surface area contributed by atoms with Gasteiger partial charge in [0.1, 0.15) is 16.7 Å². The number of aryl methyl sites for hydroxylation is 3. The van der Waals surface area contributed by atoms with E-state index in [0.29, 0.717) is 11.4 Å². The van der Waals surface area contributed by atoms with Crippen LogP contribution in [-0.2, 0) is 0 Å². The number of hydrogen-bond donors (Lipinski definition) is 3. The number of nitrogens with zero attached hydrogens (tertiary/aromatic N) is 3. The molecule has 0 fully saturated rings. The first-order chi connectivity index (χ1) is 13.9. The number of fused-ring (bicyclic) bond motifs is 1. The van der Waals surface area contributed by atoms with Gasteiger partial charge in [-0.2, -0.15) is 0 Å². The van der Waals surface area contributed by atoms with Crippen LogP contribution < -0.4 is 10.6 Å². The van der Waals surface area contributed by atoms with Crippen molar-refractivity contribution in [3.05, 3.63) is 71.3 Å². The number of rotatable bonds is 3. The van der Waals surface area contributed by atoms with Gasteiger partial charge in [-0.15, -0.1) is 15.0 Å². The van der Waals surface area contributed by atoms with Gasteiger partial charge >= 0.3 is 6.03 Å². The van der Waals surface area contributed by atoms with Crippen molar-refractivity contribution >= 4 is 28.4 Å². The summed E-state index contributed by atoms with van der Waals surface area (Å²) in [6.07, 6.45) is 0. The van der Waals surface area contributed by atoms with Gasteiger partial charge in [0, 0.05) is 5.69 Å². The van der Waals surface area contributed by atoms with Crippen molar-refractivity contribution in [1.82, 2.24) is 15.0 Å². The molecule has 7 heteroatoms. The van der Waals surface area contributed by atoms with Crippen molar-refractivity contribution in [3.8, 4) is 11.4 Å². The molecule has 7 nitrogen and oxygen atoms in total. The Labute approximate surface area is 168 Å². The van der Waals surface area contributed by atoms with Gasteiger partial charge in [0.2, 0.25) is 0 Å². The molecule has 146 valence electrons. The molecular weight excluding hydrogens is 366 g/mol. The third-order valence-electron chi connectivity index (χ3n) is 4.51. The molecule has 0 aliphatic heterocycles. The molecule has 0 bridgehead atoms. The summed E-state index contributed by atoms with van der Waals surface area (Å²) in [5.74, 6) is -0.105. The van der Waals surface area contributed by atoms with E-state index >= 15 is 0 Å². The monoisotopic (exact) mass is 387 g/mol. The first-order valence-corrected chi connectivity index (χ1v) is 9.21. The Balaban J connectivity index is 1.64. The van der Waals surface area contributed by atoms with Crippen LogP contribution in [0.1, 0.15) is 16.7 Å². The first kappa shape index (κ1) is 18.5. The number of anilines is 2. The van der Waals surface area contributed by atoms with Crippen LogP contribution in [0.15, 0.2) is 54.6 Å². The molecule has 29 heavy (non-hydrogen) atoms. The number of benzene rings is 3. The summed E-state index contributed by atoms with van der Waals surface area (Å²) < 4.78 is 0. The second-order valence-corrected chi connectivity index (χ2v) is 7.11. The molecule has 0 saturated heterocycles. The second-order valence-electron chi connectivity index (χ2n) is 7.11. The minimum Gasteiger partial charge on any atom is -0.504 e. The Bertz CT molecular complexity index is 1230. The van der Waals surface area contributed by atoms with Crippen molar-refractivity contribution < 1.29 is 9.90 Å². The van der Waals surface area contributed by atoms with E-state index in [2.05, 4.69) is 20.8 Å². The van der Waals surface area contributed by atoms with Crippen LogP contribution in [0.5, 0.6) is 5.75 Å². The van der Waals surface area contributed by atoms with Crippen LogP contribution in [0.3, 0.4) is 0 Å². The highest BCUT2D eigenvalue weighted by Gasteiger charge is 2.15. The van der Waals surface area contributed by atoms with Crippen molar-refractivity contribution in [2.24, 2.45) is 0 Å². The molecule has 0 atom stereocenters. The molecule has 2 amide bonds. The predicted molar refractivity (Wildman–Crippen MR) is 114 cm³/mol. The highest BCUT2D eigenvalue weighted by Crippen LogP contribution is 2.32. The number of aromatic hydroxyl groups is 1. The van der Waals surface area contributed by atoms with E-state index in [0.717, 1.165) is 27.7 Å². The van der Waals surface area contributed by atoms with Crippen LogP contribution >= 0.6 is 0 Å². The number of aromatic nitrogens is 3. The van der Waals surface area contributed by atoms with Crippen LogP contribution in [0.25, 0.3) is 16.7 Å². The molecule has 4 aromatic rings. The normalized spacial score (nSPS) is 10.9. The highest BCUT2D eigenvalue weighted by molar-refractivity contribution is 6.01. The number of carbonyl (C=O) groups excluding carboxylic acids is 1. The van der Waals surface area contributed by atoms with Crippen molar-refractivity contribution in [2.75, 3.05) is 10.6 Å². The van der Waals surface area contributed by atoms with E-state index in [9.17, 15) is 9.90 Å². The third-order valence-corrected chi connectivity index (χ3v) is 4.51. The molecule has 0 aliphatic rings. The average Bonchev–Trinajstić information content (AvgIpc) is 3.07. The molecule has 0 unspecified atom stereocenters. The maximum Gasteiger partial charge on any atom is 0.323 e. The lowest BCUT2D eigenvalue weighted by Crippen LogP contribution is -2.20. The number of hydrogen-bond acceptors (Lipinski definition) is 4. The lowest BCUT2D eigenvalue weighted by molar-refractivity contribution is 0.262. The number of carbonyl (C=O) groups is 1. The summed E-state index contributed by atoms with van der Waals surface area (Å²) in [6, 6.07) is 16.3. The summed E-state index contributed by atoms with van der Waals surface area (Å²) in [5, 5.41) is 25.1. The number of amides is 2. The summed E-state index contributed by atoms with van der Waals surface area (Å²) in [4.78, 5) is 13.8. The Hall–Kier alpha value is -3.87. The SMILES string of the molecule is Cc1cccc(NC(=O)Nc2cc(C)cc(-n3nc4ccc(C)cc4n3)c2O)c1.